The second-order valence-corrected chi connectivity index (χ2v) is 8.21. The molecule has 0 radical (unpaired) electrons. The molecule has 0 fully saturated rings. The summed E-state index contributed by atoms with van der Waals surface area (Å²) in [6.07, 6.45) is 6.05. The number of hydrogen-bond donors (Lipinski definition) is 0. The minimum absolute atomic E-state index is 0.0824. The van der Waals surface area contributed by atoms with Gasteiger partial charge in [0.15, 0.2) is 0 Å². The van der Waals surface area contributed by atoms with Gasteiger partial charge in [0.05, 0.1) is 24.1 Å². The first-order valence-corrected chi connectivity index (χ1v) is 10.7. The Labute approximate surface area is 158 Å². The highest BCUT2D eigenvalue weighted by molar-refractivity contribution is 9.10. The quantitative estimate of drug-likeness (QED) is 0.367. The van der Waals surface area contributed by atoms with Gasteiger partial charge in [0.25, 0.3) is 0 Å². The molecule has 0 amide bonds. The highest BCUT2D eigenvalue weighted by atomic mass is 79.9. The molecule has 0 aliphatic carbocycles. The van der Waals surface area contributed by atoms with Crippen LogP contribution in [0.15, 0.2) is 21.5 Å². The van der Waals surface area contributed by atoms with Crippen LogP contribution in [0.25, 0.3) is 0 Å². The second-order valence-electron chi connectivity index (χ2n) is 6.19. The molecule has 134 valence electrons. The molecule has 0 bridgehead atoms. The van der Waals surface area contributed by atoms with Crippen LogP contribution in [-0.2, 0) is 16.0 Å². The first kappa shape index (κ1) is 19.6. The van der Waals surface area contributed by atoms with Gasteiger partial charge in [-0.25, -0.2) is 0 Å². The van der Waals surface area contributed by atoms with Crippen molar-refractivity contribution in [2.24, 2.45) is 5.92 Å². The van der Waals surface area contributed by atoms with Crippen LogP contribution in [0.3, 0.4) is 0 Å². The molecular formula is C19H27BrO3S. The highest BCUT2D eigenvalue weighted by Crippen LogP contribution is 2.37. The molecule has 1 atom stereocenters. The number of hydrogen-bond acceptors (Lipinski definition) is 4. The number of fused-ring (bicyclic) bond motifs is 1. The molecule has 2 rings (SSSR count). The van der Waals surface area contributed by atoms with Gasteiger partial charge in [-0.15, -0.1) is 11.8 Å². The van der Waals surface area contributed by atoms with E-state index < -0.39 is 0 Å². The van der Waals surface area contributed by atoms with E-state index in [1.165, 1.54) is 23.3 Å². The average molecular weight is 415 g/mol. The molecular weight excluding hydrogens is 388 g/mol. The SMILES string of the molecule is CCCCC(CC)COC(=O)CCSc1cc(Br)c2c(c1)CCO2. The minimum Gasteiger partial charge on any atom is -0.492 e. The molecule has 1 heterocycles. The Morgan fingerprint density at radius 3 is 3.00 bits per heavy atom. The summed E-state index contributed by atoms with van der Waals surface area (Å²) in [6, 6.07) is 4.24. The van der Waals surface area contributed by atoms with Gasteiger partial charge >= 0.3 is 5.97 Å². The Kier molecular flexibility index (Phi) is 8.46. The number of thioether (sulfide) groups is 1. The predicted molar refractivity (Wildman–Crippen MR) is 103 cm³/mol. The normalized spacial score (nSPS) is 14.1. The lowest BCUT2D eigenvalue weighted by Crippen LogP contribution is -2.14. The summed E-state index contributed by atoms with van der Waals surface area (Å²) in [5, 5.41) is 0. The first-order chi connectivity index (χ1) is 11.6. The van der Waals surface area contributed by atoms with Crippen LogP contribution in [0.4, 0.5) is 0 Å². The molecule has 3 nitrogen and oxygen atoms in total. The fourth-order valence-corrected chi connectivity index (χ4v) is 4.45. The van der Waals surface area contributed by atoms with Crippen LogP contribution in [-0.4, -0.2) is 24.9 Å². The molecule has 1 aliphatic heterocycles. The second kappa shape index (κ2) is 10.3. The molecule has 0 saturated carbocycles. The zero-order valence-corrected chi connectivity index (χ0v) is 17.0. The average Bonchev–Trinajstić information content (AvgIpc) is 3.04. The van der Waals surface area contributed by atoms with Gasteiger partial charge in [-0.1, -0.05) is 33.1 Å². The van der Waals surface area contributed by atoms with E-state index in [1.807, 2.05) is 0 Å². The van der Waals surface area contributed by atoms with Gasteiger partial charge in [0.1, 0.15) is 5.75 Å². The number of benzene rings is 1. The van der Waals surface area contributed by atoms with Gasteiger partial charge < -0.3 is 9.47 Å². The third-order valence-corrected chi connectivity index (χ3v) is 5.88. The van der Waals surface area contributed by atoms with Crippen LogP contribution in [0.1, 0.15) is 51.5 Å². The minimum atomic E-state index is -0.0824. The van der Waals surface area contributed by atoms with Crippen molar-refractivity contribution < 1.29 is 14.3 Å². The maximum Gasteiger partial charge on any atom is 0.306 e. The molecule has 1 unspecified atom stereocenters. The summed E-state index contributed by atoms with van der Waals surface area (Å²) in [6.45, 7) is 5.69. The standard InChI is InChI=1S/C19H27BrO3S/c1-3-5-6-14(4-2)13-23-18(21)8-10-24-16-11-15-7-9-22-19(15)17(20)12-16/h11-12,14H,3-10,13H2,1-2H3. The number of unbranched alkanes of at least 4 members (excludes halogenated alkanes) is 1. The lowest BCUT2D eigenvalue weighted by atomic mass is 10.0. The van der Waals surface area contributed by atoms with E-state index in [2.05, 4.69) is 41.9 Å². The molecule has 5 heteroatoms. The van der Waals surface area contributed by atoms with E-state index in [9.17, 15) is 4.79 Å². The van der Waals surface area contributed by atoms with Crippen molar-refractivity contribution in [3.63, 3.8) is 0 Å². The zero-order chi connectivity index (χ0) is 17.4. The molecule has 1 aliphatic rings. The van der Waals surface area contributed by atoms with E-state index in [1.54, 1.807) is 11.8 Å². The van der Waals surface area contributed by atoms with Crippen molar-refractivity contribution in [3.8, 4) is 5.75 Å². The van der Waals surface area contributed by atoms with Gasteiger partial charge in [-0.2, -0.15) is 0 Å². The van der Waals surface area contributed by atoms with Crippen LogP contribution in [0.5, 0.6) is 5.75 Å². The summed E-state index contributed by atoms with van der Waals surface area (Å²) in [5.41, 5.74) is 1.25. The van der Waals surface area contributed by atoms with Gasteiger partial charge in [0, 0.05) is 17.1 Å². The topological polar surface area (TPSA) is 35.5 Å². The maximum absolute atomic E-state index is 11.9. The summed E-state index contributed by atoms with van der Waals surface area (Å²) >= 11 is 5.25. The third kappa shape index (κ3) is 5.99. The van der Waals surface area contributed by atoms with E-state index in [0.717, 1.165) is 41.8 Å². The van der Waals surface area contributed by atoms with Gasteiger partial charge in [-0.05, 0) is 46.0 Å². The summed E-state index contributed by atoms with van der Waals surface area (Å²) in [7, 11) is 0. The Morgan fingerprint density at radius 1 is 1.42 bits per heavy atom. The van der Waals surface area contributed by atoms with Crippen LogP contribution >= 0.6 is 27.7 Å². The lowest BCUT2D eigenvalue weighted by Gasteiger charge is -2.14. The zero-order valence-electron chi connectivity index (χ0n) is 14.6. The van der Waals surface area contributed by atoms with E-state index in [4.69, 9.17) is 9.47 Å². The van der Waals surface area contributed by atoms with Crippen molar-refractivity contribution in [3.05, 3.63) is 22.2 Å². The number of carbonyl (C=O) groups is 1. The first-order valence-electron chi connectivity index (χ1n) is 8.87. The maximum atomic E-state index is 11.9. The molecule has 0 spiro atoms. The Bertz CT molecular complexity index is 548. The number of rotatable bonds is 10. The fraction of sp³-hybridized carbons (Fsp3) is 0.632. The number of esters is 1. The molecule has 0 aromatic heterocycles. The predicted octanol–water partition coefficient (Wildman–Crippen LogP) is 5.63. The summed E-state index contributed by atoms with van der Waals surface area (Å²) < 4.78 is 12.0. The van der Waals surface area contributed by atoms with Gasteiger partial charge in [-0.3, -0.25) is 4.79 Å². The summed E-state index contributed by atoms with van der Waals surface area (Å²) in [4.78, 5) is 13.1. The van der Waals surface area contributed by atoms with Crippen molar-refractivity contribution in [1.29, 1.82) is 0 Å². The van der Waals surface area contributed by atoms with E-state index in [-0.39, 0.29) is 5.97 Å². The van der Waals surface area contributed by atoms with Crippen molar-refractivity contribution in [2.45, 2.75) is 57.3 Å². The smallest absolute Gasteiger partial charge is 0.306 e. The highest BCUT2D eigenvalue weighted by Gasteiger charge is 2.17. The molecule has 1 aromatic carbocycles. The molecule has 1 aromatic rings. The Hall–Kier alpha value is -0.680. The monoisotopic (exact) mass is 414 g/mol. The van der Waals surface area contributed by atoms with E-state index in [0.29, 0.717) is 18.9 Å². The van der Waals surface area contributed by atoms with Crippen LogP contribution in [0, 0.1) is 5.92 Å². The van der Waals surface area contributed by atoms with Crippen LogP contribution < -0.4 is 4.74 Å². The van der Waals surface area contributed by atoms with E-state index >= 15 is 0 Å². The molecule has 0 N–H and O–H groups in total. The summed E-state index contributed by atoms with van der Waals surface area (Å²) in [5.74, 6) is 2.14. The lowest BCUT2D eigenvalue weighted by molar-refractivity contribution is -0.144. The van der Waals surface area contributed by atoms with Crippen molar-refractivity contribution >= 4 is 33.7 Å². The molecule has 0 saturated heterocycles. The van der Waals surface area contributed by atoms with Gasteiger partial charge in [0.2, 0.25) is 0 Å². The Morgan fingerprint density at radius 2 is 2.25 bits per heavy atom. The van der Waals surface area contributed by atoms with Crippen LogP contribution in [0.2, 0.25) is 0 Å². The van der Waals surface area contributed by atoms with Crippen molar-refractivity contribution in [2.75, 3.05) is 19.0 Å². The third-order valence-electron chi connectivity index (χ3n) is 4.31. The van der Waals surface area contributed by atoms with Crippen molar-refractivity contribution in [1.82, 2.24) is 0 Å². The number of carbonyl (C=O) groups excluding carboxylic acids is 1. The Balaban J connectivity index is 1.70. The fourth-order valence-electron chi connectivity index (χ4n) is 2.75. The molecule has 24 heavy (non-hydrogen) atoms. The number of halogens is 1. The number of ether oxygens (including phenoxy) is 2. The largest absolute Gasteiger partial charge is 0.492 e.